The predicted molar refractivity (Wildman–Crippen MR) is 84.0 cm³/mol. The molecule has 2 unspecified atom stereocenters. The number of ether oxygens (including phenoxy) is 1. The molecule has 0 spiro atoms. The van der Waals surface area contributed by atoms with Gasteiger partial charge in [0.2, 0.25) is 5.91 Å². The van der Waals surface area contributed by atoms with Crippen molar-refractivity contribution >= 4 is 29.4 Å². The number of nitrogens with zero attached hydrogens (tertiary/aromatic N) is 1. The van der Waals surface area contributed by atoms with E-state index in [1.165, 1.54) is 23.6 Å². The molecule has 1 heterocycles. The van der Waals surface area contributed by atoms with Crippen LogP contribution in [0, 0.1) is 5.92 Å². The lowest BCUT2D eigenvalue weighted by atomic mass is 10.0. The summed E-state index contributed by atoms with van der Waals surface area (Å²) in [6.07, 6.45) is 2.35. The Hall–Kier alpha value is -1.82. The summed E-state index contributed by atoms with van der Waals surface area (Å²) in [4.78, 5) is 37.0. The number of rotatable bonds is 7. The molecule has 0 saturated carbocycles. The quantitative estimate of drug-likeness (QED) is 0.436. The minimum atomic E-state index is -0.861. The molecule has 0 aromatic heterocycles. The summed E-state index contributed by atoms with van der Waals surface area (Å²) >= 11 is 1.53. The van der Waals surface area contributed by atoms with Crippen molar-refractivity contribution < 1.29 is 19.1 Å². The Labute approximate surface area is 134 Å². The second-order valence-corrected chi connectivity index (χ2v) is 6.21. The highest BCUT2D eigenvalue weighted by atomic mass is 32.2. The molecule has 2 rings (SSSR count). The van der Waals surface area contributed by atoms with Crippen LogP contribution >= 0.6 is 11.8 Å². The van der Waals surface area contributed by atoms with Gasteiger partial charge in [-0.1, -0.05) is 30.3 Å². The van der Waals surface area contributed by atoms with Crippen LogP contribution in [0.1, 0.15) is 18.9 Å². The number of likely N-dealkylation sites (tertiary alicyclic amines) is 1. The van der Waals surface area contributed by atoms with Crippen LogP contribution in [-0.4, -0.2) is 40.7 Å². The van der Waals surface area contributed by atoms with Gasteiger partial charge in [0.05, 0.1) is 18.3 Å². The van der Waals surface area contributed by atoms with Gasteiger partial charge >= 0.3 is 5.97 Å². The van der Waals surface area contributed by atoms with Crippen molar-refractivity contribution in [2.75, 3.05) is 12.8 Å². The monoisotopic (exact) mass is 321 g/mol. The molecule has 0 aliphatic carbocycles. The fraction of sp³-hybridized carbons (Fsp3) is 0.438. The Morgan fingerprint density at radius 2 is 2.05 bits per heavy atom. The molecule has 118 valence electrons. The number of hydrogen-bond donors (Lipinski definition) is 0. The van der Waals surface area contributed by atoms with E-state index in [2.05, 4.69) is 0 Å². The van der Waals surface area contributed by atoms with Crippen LogP contribution in [0.4, 0.5) is 0 Å². The van der Waals surface area contributed by atoms with Crippen LogP contribution < -0.4 is 0 Å². The highest BCUT2D eigenvalue weighted by molar-refractivity contribution is 7.99. The SMILES string of the molecule is CSC1CC(=O)N1CC(=O)C(C)C(=O)OCc1ccccc1. The second-order valence-electron chi connectivity index (χ2n) is 5.20. The second kappa shape index (κ2) is 7.45. The zero-order chi connectivity index (χ0) is 16.1. The third-order valence-electron chi connectivity index (χ3n) is 3.68. The topological polar surface area (TPSA) is 63.7 Å². The first-order valence-corrected chi connectivity index (χ1v) is 8.37. The van der Waals surface area contributed by atoms with Crippen molar-refractivity contribution in [3.05, 3.63) is 35.9 Å². The maximum Gasteiger partial charge on any atom is 0.316 e. The number of thioether (sulfide) groups is 1. The van der Waals surface area contributed by atoms with Crippen LogP contribution in [-0.2, 0) is 25.7 Å². The highest BCUT2D eigenvalue weighted by Crippen LogP contribution is 2.27. The number of hydrogen-bond acceptors (Lipinski definition) is 5. The fourth-order valence-corrected chi connectivity index (χ4v) is 2.87. The van der Waals surface area contributed by atoms with Crippen LogP contribution in [0.5, 0.6) is 0 Å². The van der Waals surface area contributed by atoms with Gasteiger partial charge in [-0.3, -0.25) is 14.4 Å². The van der Waals surface area contributed by atoms with Crippen molar-refractivity contribution in [2.24, 2.45) is 5.92 Å². The number of Topliss-reactive ketones (excluding diaryl/α,β-unsaturated/α-hetero) is 1. The van der Waals surface area contributed by atoms with Crippen molar-refractivity contribution in [3.63, 3.8) is 0 Å². The number of carbonyl (C=O) groups excluding carboxylic acids is 3. The summed E-state index contributed by atoms with van der Waals surface area (Å²) in [6.45, 7) is 1.65. The van der Waals surface area contributed by atoms with Gasteiger partial charge in [-0.05, 0) is 18.7 Å². The number of carbonyl (C=O) groups is 3. The van der Waals surface area contributed by atoms with Gasteiger partial charge in [-0.25, -0.2) is 0 Å². The van der Waals surface area contributed by atoms with E-state index in [4.69, 9.17) is 4.74 Å². The van der Waals surface area contributed by atoms with E-state index in [1.807, 2.05) is 36.6 Å². The number of esters is 1. The van der Waals surface area contributed by atoms with Crippen molar-refractivity contribution in [2.45, 2.75) is 25.3 Å². The van der Waals surface area contributed by atoms with Crippen molar-refractivity contribution in [1.82, 2.24) is 4.90 Å². The predicted octanol–water partition coefficient (Wildman–Crippen LogP) is 1.86. The maximum absolute atomic E-state index is 12.1. The molecule has 0 bridgehead atoms. The van der Waals surface area contributed by atoms with Gasteiger partial charge in [-0.15, -0.1) is 11.8 Å². The first kappa shape index (κ1) is 16.5. The smallest absolute Gasteiger partial charge is 0.316 e. The molecule has 5 nitrogen and oxygen atoms in total. The van der Waals surface area contributed by atoms with Gasteiger partial charge in [0.15, 0.2) is 5.78 Å². The molecule has 1 aromatic rings. The molecule has 2 atom stereocenters. The molecule has 1 saturated heterocycles. The average molecular weight is 321 g/mol. The van der Waals surface area contributed by atoms with E-state index in [9.17, 15) is 14.4 Å². The third kappa shape index (κ3) is 3.88. The van der Waals surface area contributed by atoms with Crippen LogP contribution in [0.15, 0.2) is 30.3 Å². The zero-order valence-electron chi connectivity index (χ0n) is 12.7. The molecule has 22 heavy (non-hydrogen) atoms. The summed E-state index contributed by atoms with van der Waals surface area (Å²) in [6, 6.07) is 9.29. The van der Waals surface area contributed by atoms with E-state index in [0.29, 0.717) is 6.42 Å². The van der Waals surface area contributed by atoms with Crippen LogP contribution in [0.25, 0.3) is 0 Å². The Morgan fingerprint density at radius 3 is 2.64 bits per heavy atom. The minimum absolute atomic E-state index is 0.0219. The van der Waals surface area contributed by atoms with Crippen LogP contribution in [0.3, 0.4) is 0 Å². The zero-order valence-corrected chi connectivity index (χ0v) is 13.5. The molecule has 0 N–H and O–H groups in total. The van der Waals surface area contributed by atoms with Gasteiger partial charge < -0.3 is 9.64 Å². The van der Waals surface area contributed by atoms with Crippen molar-refractivity contribution in [3.8, 4) is 0 Å². The largest absolute Gasteiger partial charge is 0.460 e. The number of amides is 1. The van der Waals surface area contributed by atoms with Gasteiger partial charge in [0.25, 0.3) is 0 Å². The van der Waals surface area contributed by atoms with Crippen molar-refractivity contribution in [1.29, 1.82) is 0 Å². The third-order valence-corrected chi connectivity index (χ3v) is 4.64. The Bertz CT molecular complexity index is 561. The van der Waals surface area contributed by atoms with Gasteiger partial charge in [-0.2, -0.15) is 0 Å². The maximum atomic E-state index is 12.1. The molecule has 1 aromatic carbocycles. The normalized spacial score (nSPS) is 18.5. The highest BCUT2D eigenvalue weighted by Gasteiger charge is 2.38. The van der Waals surface area contributed by atoms with E-state index < -0.39 is 11.9 Å². The molecular formula is C16H19NO4S. The lowest BCUT2D eigenvalue weighted by Gasteiger charge is -2.39. The first-order chi connectivity index (χ1) is 10.5. The number of ketones is 1. The molecule has 1 fully saturated rings. The Kier molecular flexibility index (Phi) is 5.60. The van der Waals surface area contributed by atoms with E-state index >= 15 is 0 Å². The molecule has 0 radical (unpaired) electrons. The molecular weight excluding hydrogens is 302 g/mol. The molecule has 1 amide bonds. The summed E-state index contributed by atoms with van der Waals surface area (Å²) in [5, 5.41) is 0.0454. The summed E-state index contributed by atoms with van der Waals surface area (Å²) < 4.78 is 5.16. The summed E-state index contributed by atoms with van der Waals surface area (Å²) in [5.41, 5.74) is 0.871. The standard InChI is InChI=1S/C16H19NO4S/c1-11(13(18)9-17-14(19)8-15(17)22-2)16(20)21-10-12-6-4-3-5-7-12/h3-7,11,15H,8-10H2,1-2H3. The summed E-state index contributed by atoms with van der Waals surface area (Å²) in [5.74, 6) is -1.75. The van der Waals surface area contributed by atoms with E-state index in [0.717, 1.165) is 5.56 Å². The van der Waals surface area contributed by atoms with E-state index in [-0.39, 0.29) is 30.2 Å². The Balaban J connectivity index is 1.82. The fourth-order valence-electron chi connectivity index (χ4n) is 2.12. The number of benzene rings is 1. The Morgan fingerprint density at radius 1 is 1.36 bits per heavy atom. The van der Waals surface area contributed by atoms with E-state index in [1.54, 1.807) is 0 Å². The van der Waals surface area contributed by atoms with Gasteiger partial charge in [0.1, 0.15) is 12.5 Å². The average Bonchev–Trinajstić information content (AvgIpc) is 2.55. The van der Waals surface area contributed by atoms with Gasteiger partial charge in [0, 0.05) is 0 Å². The molecule has 1 aliphatic rings. The lowest BCUT2D eigenvalue weighted by Crippen LogP contribution is -2.53. The minimum Gasteiger partial charge on any atom is -0.460 e. The van der Waals surface area contributed by atoms with Crippen LogP contribution in [0.2, 0.25) is 0 Å². The number of β-lactam (4-membered cyclic amide) rings is 1. The molecule has 1 aliphatic heterocycles. The summed E-state index contributed by atoms with van der Waals surface area (Å²) in [7, 11) is 0. The molecule has 6 heteroatoms. The first-order valence-electron chi connectivity index (χ1n) is 7.08. The lowest BCUT2D eigenvalue weighted by molar-refractivity contribution is -0.155.